The summed E-state index contributed by atoms with van der Waals surface area (Å²) in [5, 5.41) is 13.7. The van der Waals surface area contributed by atoms with Crippen LogP contribution in [0.25, 0.3) is 0 Å². The smallest absolute Gasteiger partial charge is 0.251 e. The zero-order chi connectivity index (χ0) is 24.7. The molecular weight excluding hydrogens is 412 g/mol. The average molecular weight is 457 g/mol. The van der Waals surface area contributed by atoms with Crippen molar-refractivity contribution >= 4 is 11.8 Å². The minimum atomic E-state index is -0.0717. The highest BCUT2D eigenvalue weighted by molar-refractivity contribution is 5.94. The van der Waals surface area contributed by atoms with Crippen molar-refractivity contribution in [3.8, 4) is 0 Å². The normalized spacial score (nSPS) is 24.1. The summed E-state index contributed by atoms with van der Waals surface area (Å²) in [6.07, 6.45) is 3.83. The molecule has 184 valence electrons. The number of piperidine rings is 2. The quantitative estimate of drug-likeness (QED) is 0.545. The maximum atomic E-state index is 13.0. The molecule has 2 saturated heterocycles. The Hall–Kier alpha value is -1.92. The molecule has 0 aliphatic carbocycles. The molecule has 0 bridgehead atoms. The Labute approximate surface area is 200 Å². The highest BCUT2D eigenvalue weighted by Gasteiger charge is 2.39. The standard InChI is InChI=1S/C27H44N4O2/c1-24(2)14-20(15-25(3,4)30-24)28-22(32)13-18-10-9-11-19(12-18)23(33)29-21-16-26(5,6)31-27(7,8)17-21/h9-12,20-21,30-31H,13-17H2,1-8H3,(H,28,32)(H,29,33). The summed E-state index contributed by atoms with van der Waals surface area (Å²) in [7, 11) is 0. The first-order valence-electron chi connectivity index (χ1n) is 12.3. The molecule has 0 aromatic heterocycles. The molecule has 0 saturated carbocycles. The molecule has 1 aromatic carbocycles. The highest BCUT2D eigenvalue weighted by Crippen LogP contribution is 2.29. The topological polar surface area (TPSA) is 82.3 Å². The van der Waals surface area contributed by atoms with Crippen molar-refractivity contribution in [2.45, 2.75) is 122 Å². The fourth-order valence-corrected chi connectivity index (χ4v) is 6.40. The van der Waals surface area contributed by atoms with E-state index in [2.05, 4.69) is 76.7 Å². The van der Waals surface area contributed by atoms with E-state index in [1.807, 2.05) is 24.3 Å². The van der Waals surface area contributed by atoms with Gasteiger partial charge in [0.25, 0.3) is 5.91 Å². The van der Waals surface area contributed by atoms with Crippen molar-refractivity contribution in [1.82, 2.24) is 21.3 Å². The molecule has 3 rings (SSSR count). The van der Waals surface area contributed by atoms with E-state index in [4.69, 9.17) is 0 Å². The van der Waals surface area contributed by atoms with E-state index < -0.39 is 0 Å². The maximum absolute atomic E-state index is 13.0. The van der Waals surface area contributed by atoms with Crippen molar-refractivity contribution in [3.63, 3.8) is 0 Å². The van der Waals surface area contributed by atoms with Crippen LogP contribution in [0.4, 0.5) is 0 Å². The second-order valence-electron chi connectivity index (χ2n) is 12.9. The molecule has 6 heteroatoms. The number of nitrogens with one attached hydrogen (secondary N) is 4. The summed E-state index contributed by atoms with van der Waals surface area (Å²) < 4.78 is 0. The number of carbonyl (C=O) groups is 2. The highest BCUT2D eigenvalue weighted by atomic mass is 16.2. The van der Waals surface area contributed by atoms with Gasteiger partial charge in [0.2, 0.25) is 5.91 Å². The van der Waals surface area contributed by atoms with E-state index >= 15 is 0 Å². The summed E-state index contributed by atoms with van der Waals surface area (Å²) in [5.41, 5.74) is 1.37. The van der Waals surface area contributed by atoms with E-state index in [1.54, 1.807) is 0 Å². The molecule has 0 spiro atoms. The minimum Gasteiger partial charge on any atom is -0.353 e. The van der Waals surface area contributed by atoms with Crippen molar-refractivity contribution in [3.05, 3.63) is 35.4 Å². The van der Waals surface area contributed by atoms with Crippen molar-refractivity contribution in [1.29, 1.82) is 0 Å². The Morgan fingerprint density at radius 1 is 0.788 bits per heavy atom. The first-order chi connectivity index (χ1) is 15.0. The molecule has 0 radical (unpaired) electrons. The van der Waals surface area contributed by atoms with E-state index in [1.165, 1.54) is 0 Å². The lowest BCUT2D eigenvalue weighted by Gasteiger charge is -2.46. The Morgan fingerprint density at radius 3 is 1.73 bits per heavy atom. The molecular formula is C27H44N4O2. The third-order valence-electron chi connectivity index (χ3n) is 6.63. The Bertz CT molecular complexity index is 856. The number of rotatable bonds is 5. The largest absolute Gasteiger partial charge is 0.353 e. The maximum Gasteiger partial charge on any atom is 0.251 e. The molecule has 33 heavy (non-hydrogen) atoms. The van der Waals surface area contributed by atoms with E-state index in [0.29, 0.717) is 5.56 Å². The third-order valence-corrected chi connectivity index (χ3v) is 6.63. The van der Waals surface area contributed by atoms with Crippen LogP contribution in [0.2, 0.25) is 0 Å². The molecule has 2 aliphatic rings. The second-order valence-corrected chi connectivity index (χ2v) is 12.9. The molecule has 2 fully saturated rings. The van der Waals surface area contributed by atoms with Gasteiger partial charge in [-0.25, -0.2) is 0 Å². The van der Waals surface area contributed by atoms with Gasteiger partial charge in [-0.1, -0.05) is 12.1 Å². The predicted molar refractivity (Wildman–Crippen MR) is 134 cm³/mol. The van der Waals surface area contributed by atoms with Crippen LogP contribution in [-0.4, -0.2) is 46.1 Å². The predicted octanol–water partition coefficient (Wildman–Crippen LogP) is 3.69. The molecule has 2 heterocycles. The zero-order valence-electron chi connectivity index (χ0n) is 21.8. The zero-order valence-corrected chi connectivity index (χ0v) is 21.8. The van der Waals surface area contributed by atoms with Gasteiger partial charge in [0.05, 0.1) is 6.42 Å². The minimum absolute atomic E-state index is 0.00733. The molecule has 2 amide bonds. The van der Waals surface area contributed by atoms with Crippen LogP contribution < -0.4 is 21.3 Å². The summed E-state index contributed by atoms with van der Waals surface area (Å²) in [6.45, 7) is 17.4. The Morgan fingerprint density at radius 2 is 1.24 bits per heavy atom. The van der Waals surface area contributed by atoms with Crippen molar-refractivity contribution in [2.75, 3.05) is 0 Å². The van der Waals surface area contributed by atoms with Crippen molar-refractivity contribution < 1.29 is 9.59 Å². The second kappa shape index (κ2) is 9.03. The fourth-order valence-electron chi connectivity index (χ4n) is 6.40. The SMILES string of the molecule is CC1(C)CC(NC(=O)Cc2cccc(C(=O)NC3CC(C)(C)NC(C)(C)C3)c2)CC(C)(C)N1. The summed E-state index contributed by atoms with van der Waals surface area (Å²) in [6, 6.07) is 7.71. The fraction of sp³-hybridized carbons (Fsp3) is 0.704. The van der Waals surface area contributed by atoms with Gasteiger partial charge in [0, 0.05) is 39.8 Å². The summed E-state index contributed by atoms with van der Waals surface area (Å²) in [5.74, 6) is -0.0643. The van der Waals surface area contributed by atoms with E-state index in [-0.39, 0.29) is 52.5 Å². The number of hydrogen-bond donors (Lipinski definition) is 4. The van der Waals surface area contributed by atoms with Gasteiger partial charge < -0.3 is 21.3 Å². The van der Waals surface area contributed by atoms with Gasteiger partial charge in [-0.3, -0.25) is 9.59 Å². The lowest BCUT2D eigenvalue weighted by molar-refractivity contribution is -0.121. The molecule has 2 aliphatic heterocycles. The van der Waals surface area contributed by atoms with Crippen LogP contribution in [-0.2, 0) is 11.2 Å². The van der Waals surface area contributed by atoms with E-state index in [9.17, 15) is 9.59 Å². The lowest BCUT2D eigenvalue weighted by atomic mass is 9.79. The number of hydrogen-bond acceptors (Lipinski definition) is 4. The molecule has 4 N–H and O–H groups in total. The van der Waals surface area contributed by atoms with Crippen LogP contribution in [0.15, 0.2) is 24.3 Å². The number of carbonyl (C=O) groups excluding carboxylic acids is 2. The molecule has 0 unspecified atom stereocenters. The van der Waals surface area contributed by atoms with Gasteiger partial charge in [-0.2, -0.15) is 0 Å². The number of amides is 2. The van der Waals surface area contributed by atoms with Crippen molar-refractivity contribution in [2.24, 2.45) is 0 Å². The molecule has 0 atom stereocenters. The van der Waals surface area contributed by atoms with Gasteiger partial charge in [0.15, 0.2) is 0 Å². The van der Waals surface area contributed by atoms with Crippen LogP contribution in [0.3, 0.4) is 0 Å². The number of benzene rings is 1. The van der Waals surface area contributed by atoms with Gasteiger partial charge in [-0.15, -0.1) is 0 Å². The van der Waals surface area contributed by atoms with Gasteiger partial charge >= 0.3 is 0 Å². The first-order valence-corrected chi connectivity index (χ1v) is 12.3. The van der Waals surface area contributed by atoms with Crippen LogP contribution in [0.1, 0.15) is 97.0 Å². The van der Waals surface area contributed by atoms with Crippen LogP contribution in [0, 0.1) is 0 Å². The van der Waals surface area contributed by atoms with Gasteiger partial charge in [-0.05, 0) is 98.8 Å². The Kier molecular flexibility index (Phi) is 7.03. The van der Waals surface area contributed by atoms with Gasteiger partial charge in [0.1, 0.15) is 0 Å². The van der Waals surface area contributed by atoms with E-state index in [0.717, 1.165) is 31.2 Å². The third kappa shape index (κ3) is 7.54. The summed E-state index contributed by atoms with van der Waals surface area (Å²) in [4.78, 5) is 25.8. The van der Waals surface area contributed by atoms with Crippen LogP contribution >= 0.6 is 0 Å². The lowest BCUT2D eigenvalue weighted by Crippen LogP contribution is -2.62. The molecule has 1 aromatic rings. The first kappa shape index (κ1) is 25.7. The van der Waals surface area contributed by atoms with Crippen LogP contribution in [0.5, 0.6) is 0 Å². The Balaban J connectivity index is 1.60. The summed E-state index contributed by atoms with van der Waals surface area (Å²) >= 11 is 0. The average Bonchev–Trinajstić information content (AvgIpc) is 2.55. The molecule has 6 nitrogen and oxygen atoms in total. The monoisotopic (exact) mass is 456 g/mol.